The lowest BCUT2D eigenvalue weighted by atomic mass is 10.2. The number of hydrogen-bond acceptors (Lipinski definition) is 7. The molecule has 4 rings (SSSR count). The van der Waals surface area contributed by atoms with Gasteiger partial charge >= 0.3 is 5.63 Å². The Morgan fingerprint density at radius 2 is 1.83 bits per heavy atom. The maximum atomic E-state index is 12.4. The van der Waals surface area contributed by atoms with Gasteiger partial charge in [-0.2, -0.15) is 0 Å². The second-order valence-electron chi connectivity index (χ2n) is 5.92. The van der Waals surface area contributed by atoms with Gasteiger partial charge in [-0.1, -0.05) is 48.5 Å². The number of amides is 1. The quantitative estimate of drug-likeness (QED) is 0.263. The summed E-state index contributed by atoms with van der Waals surface area (Å²) in [6.45, 7) is 0. The summed E-state index contributed by atoms with van der Waals surface area (Å²) in [6.07, 6.45) is 0. The number of thiocarbonyl (C=S) groups is 1. The molecule has 0 saturated heterocycles. The third-order valence-electron chi connectivity index (χ3n) is 3.97. The van der Waals surface area contributed by atoms with Crippen molar-refractivity contribution in [3.8, 4) is 11.3 Å². The predicted molar refractivity (Wildman–Crippen MR) is 117 cm³/mol. The third kappa shape index (κ3) is 4.31. The molecule has 0 fully saturated rings. The fourth-order valence-corrected chi connectivity index (χ4v) is 3.42. The number of nitrogens with zero attached hydrogens (tertiary/aromatic N) is 1. The zero-order valence-corrected chi connectivity index (χ0v) is 16.5. The molecule has 0 radical (unpaired) electrons. The van der Waals surface area contributed by atoms with Crippen LogP contribution in [0.3, 0.4) is 0 Å². The molecule has 1 amide bonds. The highest BCUT2D eigenvalue weighted by molar-refractivity contribution is 7.80. The third-order valence-corrected chi connectivity index (χ3v) is 4.93. The molecule has 2 heterocycles. The Morgan fingerprint density at radius 1 is 1.07 bits per heavy atom. The number of thiazole rings is 1. The van der Waals surface area contributed by atoms with Gasteiger partial charge < -0.3 is 4.42 Å². The van der Waals surface area contributed by atoms with Crippen molar-refractivity contribution in [3.63, 3.8) is 0 Å². The van der Waals surface area contributed by atoms with Gasteiger partial charge in [0.15, 0.2) is 5.11 Å². The molecule has 7 nitrogen and oxygen atoms in total. The molecule has 0 saturated carbocycles. The first kappa shape index (κ1) is 18.8. The maximum Gasteiger partial charge on any atom is 0.349 e. The van der Waals surface area contributed by atoms with Gasteiger partial charge in [-0.05, 0) is 24.4 Å². The number of hydrogen-bond donors (Lipinski definition) is 3. The number of carbonyl (C=O) groups is 1. The van der Waals surface area contributed by atoms with E-state index in [2.05, 4.69) is 21.2 Å². The van der Waals surface area contributed by atoms with Crippen LogP contribution < -0.4 is 21.8 Å². The highest BCUT2D eigenvalue weighted by Gasteiger charge is 2.15. The Morgan fingerprint density at radius 3 is 2.66 bits per heavy atom. The highest BCUT2D eigenvalue weighted by atomic mass is 32.1. The Balaban J connectivity index is 1.39. The summed E-state index contributed by atoms with van der Waals surface area (Å²) < 4.78 is 5.17. The molecule has 3 N–H and O–H groups in total. The van der Waals surface area contributed by atoms with E-state index in [1.807, 2.05) is 35.7 Å². The smallest absolute Gasteiger partial charge is 0.349 e. The van der Waals surface area contributed by atoms with Crippen molar-refractivity contribution < 1.29 is 9.21 Å². The van der Waals surface area contributed by atoms with E-state index in [0.717, 1.165) is 11.3 Å². The van der Waals surface area contributed by atoms with Crippen LogP contribution in [0.1, 0.15) is 10.4 Å². The molecule has 2 aromatic heterocycles. The van der Waals surface area contributed by atoms with Gasteiger partial charge in [-0.15, -0.1) is 11.3 Å². The van der Waals surface area contributed by atoms with Crippen LogP contribution in [0.4, 0.5) is 5.13 Å². The van der Waals surface area contributed by atoms with E-state index >= 15 is 0 Å². The average Bonchev–Trinajstić information content (AvgIpc) is 3.21. The fourth-order valence-electron chi connectivity index (χ4n) is 2.60. The van der Waals surface area contributed by atoms with Crippen LogP contribution in [0, 0.1) is 0 Å². The molecule has 0 aliphatic heterocycles. The van der Waals surface area contributed by atoms with E-state index in [9.17, 15) is 9.59 Å². The van der Waals surface area contributed by atoms with Gasteiger partial charge in [0.1, 0.15) is 11.1 Å². The number of benzene rings is 2. The number of hydrazine groups is 1. The van der Waals surface area contributed by atoms with Gasteiger partial charge in [0.25, 0.3) is 5.91 Å². The molecule has 29 heavy (non-hydrogen) atoms. The Hall–Kier alpha value is -3.56. The van der Waals surface area contributed by atoms with Crippen LogP contribution in [0.25, 0.3) is 22.2 Å². The Kier molecular flexibility index (Phi) is 5.32. The van der Waals surface area contributed by atoms with Crippen molar-refractivity contribution in [2.24, 2.45) is 0 Å². The first-order valence-corrected chi connectivity index (χ1v) is 9.80. The van der Waals surface area contributed by atoms with Crippen LogP contribution in [-0.4, -0.2) is 16.0 Å². The molecular formula is C20H14N4O3S2. The van der Waals surface area contributed by atoms with E-state index in [1.165, 1.54) is 17.4 Å². The van der Waals surface area contributed by atoms with Crippen LogP contribution in [0.2, 0.25) is 0 Å². The standard InChI is InChI=1S/C20H14N4O3S2/c25-17(14-10-13-8-4-5-9-16(13)27-18(14)26)22-19(28)23-24-20-21-15(11-29-20)12-6-2-1-3-7-12/h1-11H,(H,21,24)(H2,22,23,25,28). The van der Waals surface area contributed by atoms with Gasteiger partial charge in [0.05, 0.1) is 5.69 Å². The van der Waals surface area contributed by atoms with Crippen molar-refractivity contribution in [1.82, 2.24) is 15.7 Å². The first-order chi connectivity index (χ1) is 14.1. The second kappa shape index (κ2) is 8.21. The summed E-state index contributed by atoms with van der Waals surface area (Å²) in [5.74, 6) is -0.659. The lowest BCUT2D eigenvalue weighted by molar-refractivity contribution is 0.0973. The van der Waals surface area contributed by atoms with Gasteiger partial charge in [0, 0.05) is 16.3 Å². The molecule has 4 aromatic rings. The Bertz CT molecular complexity index is 1250. The zero-order chi connectivity index (χ0) is 20.2. The summed E-state index contributed by atoms with van der Waals surface area (Å²) in [5, 5.41) is 5.57. The van der Waals surface area contributed by atoms with Crippen molar-refractivity contribution in [3.05, 3.63) is 82.0 Å². The van der Waals surface area contributed by atoms with Gasteiger partial charge in [0.2, 0.25) is 5.13 Å². The molecule has 2 aromatic carbocycles. The topological polar surface area (TPSA) is 96.3 Å². The fraction of sp³-hybridized carbons (Fsp3) is 0. The van der Waals surface area contributed by atoms with E-state index < -0.39 is 11.5 Å². The molecule has 0 bridgehead atoms. The largest absolute Gasteiger partial charge is 0.422 e. The molecule has 9 heteroatoms. The molecule has 0 aliphatic rings. The maximum absolute atomic E-state index is 12.4. The monoisotopic (exact) mass is 422 g/mol. The molecule has 0 spiro atoms. The predicted octanol–water partition coefficient (Wildman–Crippen LogP) is 3.55. The van der Waals surface area contributed by atoms with Crippen molar-refractivity contribution in [1.29, 1.82) is 0 Å². The van der Waals surface area contributed by atoms with E-state index in [4.69, 9.17) is 16.6 Å². The summed E-state index contributed by atoms with van der Waals surface area (Å²) in [6, 6.07) is 18.2. The number of fused-ring (bicyclic) bond motifs is 1. The number of carbonyl (C=O) groups excluding carboxylic acids is 1. The van der Waals surface area contributed by atoms with E-state index in [1.54, 1.807) is 24.3 Å². The SMILES string of the molecule is O=C(NC(=S)NNc1nc(-c2ccccc2)cs1)c1cc2ccccc2oc1=O. The lowest BCUT2D eigenvalue weighted by Gasteiger charge is -2.09. The number of rotatable bonds is 4. The molecular weight excluding hydrogens is 408 g/mol. The summed E-state index contributed by atoms with van der Waals surface area (Å²) in [4.78, 5) is 28.9. The van der Waals surface area contributed by atoms with Gasteiger partial charge in [-0.25, -0.2) is 9.78 Å². The molecule has 0 unspecified atom stereocenters. The van der Waals surface area contributed by atoms with Crippen LogP contribution in [0.5, 0.6) is 0 Å². The minimum Gasteiger partial charge on any atom is -0.422 e. The van der Waals surface area contributed by atoms with E-state index in [0.29, 0.717) is 16.1 Å². The van der Waals surface area contributed by atoms with Crippen LogP contribution >= 0.6 is 23.6 Å². The molecule has 144 valence electrons. The lowest BCUT2D eigenvalue weighted by Crippen LogP contribution is -2.43. The number of nitrogens with one attached hydrogen (secondary N) is 3. The molecule has 0 aliphatic carbocycles. The minimum atomic E-state index is -0.732. The first-order valence-electron chi connectivity index (χ1n) is 8.51. The molecule has 0 atom stereocenters. The Labute approximate surface area is 174 Å². The van der Waals surface area contributed by atoms with Crippen molar-refractivity contribution in [2.75, 3.05) is 5.43 Å². The normalized spacial score (nSPS) is 10.5. The zero-order valence-electron chi connectivity index (χ0n) is 14.8. The van der Waals surface area contributed by atoms with Crippen molar-refractivity contribution >= 4 is 50.7 Å². The van der Waals surface area contributed by atoms with Crippen molar-refractivity contribution in [2.45, 2.75) is 0 Å². The highest BCUT2D eigenvalue weighted by Crippen LogP contribution is 2.23. The number of anilines is 1. The van der Waals surface area contributed by atoms with E-state index in [-0.39, 0.29) is 10.7 Å². The van der Waals surface area contributed by atoms with Gasteiger partial charge in [-0.3, -0.25) is 21.0 Å². The number of para-hydroxylation sites is 1. The van der Waals surface area contributed by atoms with Crippen LogP contribution in [-0.2, 0) is 0 Å². The average molecular weight is 422 g/mol. The summed E-state index contributed by atoms with van der Waals surface area (Å²) in [5.41, 5.74) is 6.89. The minimum absolute atomic E-state index is 0.000908. The van der Waals surface area contributed by atoms with Crippen LogP contribution in [0.15, 0.2) is 75.3 Å². The second-order valence-corrected chi connectivity index (χ2v) is 7.19. The summed E-state index contributed by atoms with van der Waals surface area (Å²) >= 11 is 6.49. The number of aromatic nitrogens is 1. The summed E-state index contributed by atoms with van der Waals surface area (Å²) in [7, 11) is 0.